The van der Waals surface area contributed by atoms with Crippen molar-refractivity contribution in [1.29, 1.82) is 0 Å². The Balaban J connectivity index is 2.61. The molecular formula is C13H15NO2S. The first-order valence-electron chi connectivity index (χ1n) is 5.19. The summed E-state index contributed by atoms with van der Waals surface area (Å²) in [5, 5.41) is 0. The fraction of sp³-hybridized carbons (Fsp3) is 0.308. The van der Waals surface area contributed by atoms with Gasteiger partial charge in [0.1, 0.15) is 0 Å². The minimum absolute atomic E-state index is 0.208. The molecule has 2 N–H and O–H groups in total. The highest BCUT2D eigenvalue weighted by atomic mass is 32.2. The van der Waals surface area contributed by atoms with Gasteiger partial charge in [-0.15, -0.1) is 11.8 Å². The smallest absolute Gasteiger partial charge is 0.315 e. The lowest BCUT2D eigenvalue weighted by Crippen LogP contribution is -2.03. The summed E-state index contributed by atoms with van der Waals surface area (Å²) >= 11 is 1.51. The first-order chi connectivity index (χ1) is 8.27. The van der Waals surface area contributed by atoms with E-state index in [1.807, 2.05) is 24.3 Å². The molecule has 0 saturated heterocycles. The van der Waals surface area contributed by atoms with Gasteiger partial charge in [-0.05, 0) is 11.6 Å². The fourth-order valence-corrected chi connectivity index (χ4v) is 2.08. The number of esters is 1. The molecule has 0 aliphatic carbocycles. The van der Waals surface area contributed by atoms with Crippen molar-refractivity contribution in [3.63, 3.8) is 0 Å². The van der Waals surface area contributed by atoms with Crippen LogP contribution in [-0.2, 0) is 15.3 Å². The molecule has 3 nitrogen and oxygen atoms in total. The number of rotatable bonds is 4. The van der Waals surface area contributed by atoms with Crippen molar-refractivity contribution in [2.24, 2.45) is 5.73 Å². The summed E-state index contributed by atoms with van der Waals surface area (Å²) in [6.07, 6.45) is 0. The number of ether oxygens (including phenoxy) is 1. The molecule has 0 amide bonds. The molecule has 0 spiro atoms. The minimum atomic E-state index is -0.208. The molecule has 0 radical (unpaired) electrons. The van der Waals surface area contributed by atoms with Crippen LogP contribution in [0, 0.1) is 11.8 Å². The standard InChI is InChI=1S/C13H15NO2S/c1-16-13(15)10-17-9-12-6-3-2-5-11(12)7-4-8-14/h2-3,5-6H,8-10,14H2,1H3. The predicted molar refractivity (Wildman–Crippen MR) is 70.6 cm³/mol. The average Bonchev–Trinajstić information content (AvgIpc) is 2.37. The highest BCUT2D eigenvalue weighted by Crippen LogP contribution is 2.16. The van der Waals surface area contributed by atoms with Crippen molar-refractivity contribution in [2.75, 3.05) is 19.4 Å². The molecule has 1 rings (SSSR count). The second kappa shape index (κ2) is 7.77. The van der Waals surface area contributed by atoms with Gasteiger partial charge in [-0.2, -0.15) is 0 Å². The molecule has 0 aliphatic heterocycles. The number of methoxy groups -OCH3 is 1. The maximum absolute atomic E-state index is 11.0. The summed E-state index contributed by atoms with van der Waals surface area (Å²) in [6, 6.07) is 7.86. The number of carbonyl (C=O) groups is 1. The molecule has 0 fully saturated rings. The van der Waals surface area contributed by atoms with E-state index in [4.69, 9.17) is 5.73 Å². The number of hydrogen-bond acceptors (Lipinski definition) is 4. The van der Waals surface area contributed by atoms with E-state index in [1.54, 1.807) is 0 Å². The highest BCUT2D eigenvalue weighted by Gasteiger charge is 2.03. The topological polar surface area (TPSA) is 52.3 Å². The van der Waals surface area contributed by atoms with E-state index >= 15 is 0 Å². The van der Waals surface area contributed by atoms with Gasteiger partial charge in [0.05, 0.1) is 19.4 Å². The van der Waals surface area contributed by atoms with Crippen LogP contribution in [0.1, 0.15) is 11.1 Å². The fourth-order valence-electron chi connectivity index (χ4n) is 1.22. The van der Waals surface area contributed by atoms with Crippen molar-refractivity contribution in [3.8, 4) is 11.8 Å². The molecule has 1 aromatic carbocycles. The van der Waals surface area contributed by atoms with Crippen molar-refractivity contribution >= 4 is 17.7 Å². The molecule has 17 heavy (non-hydrogen) atoms. The van der Waals surface area contributed by atoms with Crippen LogP contribution in [0.5, 0.6) is 0 Å². The molecule has 0 bridgehead atoms. The maximum Gasteiger partial charge on any atom is 0.315 e. The molecular weight excluding hydrogens is 234 g/mol. The number of carbonyl (C=O) groups excluding carboxylic acids is 1. The van der Waals surface area contributed by atoms with E-state index in [0.717, 1.165) is 16.9 Å². The lowest BCUT2D eigenvalue weighted by molar-refractivity contribution is -0.137. The predicted octanol–water partition coefficient (Wildman–Crippen LogP) is 1.40. The van der Waals surface area contributed by atoms with Crippen molar-refractivity contribution in [1.82, 2.24) is 0 Å². The lowest BCUT2D eigenvalue weighted by atomic mass is 10.1. The van der Waals surface area contributed by atoms with E-state index < -0.39 is 0 Å². The van der Waals surface area contributed by atoms with Gasteiger partial charge in [0.15, 0.2) is 0 Å². The third-order valence-electron chi connectivity index (χ3n) is 2.05. The second-order valence-corrected chi connectivity index (χ2v) is 4.22. The SMILES string of the molecule is COC(=O)CSCc1ccccc1C#CCN. The van der Waals surface area contributed by atoms with Gasteiger partial charge in [0, 0.05) is 11.3 Å². The van der Waals surface area contributed by atoms with Gasteiger partial charge in [0.25, 0.3) is 0 Å². The van der Waals surface area contributed by atoms with Gasteiger partial charge in [-0.1, -0.05) is 30.0 Å². The Morgan fingerprint density at radius 1 is 1.47 bits per heavy atom. The van der Waals surface area contributed by atoms with Crippen LogP contribution in [0.2, 0.25) is 0 Å². The third-order valence-corrected chi connectivity index (χ3v) is 3.00. The van der Waals surface area contributed by atoms with E-state index in [2.05, 4.69) is 16.6 Å². The summed E-state index contributed by atoms with van der Waals surface area (Å²) in [4.78, 5) is 11.0. The molecule has 4 heteroatoms. The van der Waals surface area contributed by atoms with Gasteiger partial charge in [-0.3, -0.25) is 4.79 Å². The second-order valence-electron chi connectivity index (χ2n) is 3.23. The molecule has 90 valence electrons. The molecule has 0 aromatic heterocycles. The monoisotopic (exact) mass is 249 g/mol. The van der Waals surface area contributed by atoms with Crippen molar-refractivity contribution in [2.45, 2.75) is 5.75 Å². The van der Waals surface area contributed by atoms with Crippen LogP contribution >= 0.6 is 11.8 Å². The summed E-state index contributed by atoms with van der Waals surface area (Å²) in [7, 11) is 1.39. The largest absolute Gasteiger partial charge is 0.468 e. The van der Waals surface area contributed by atoms with Gasteiger partial charge in [-0.25, -0.2) is 0 Å². The molecule has 0 heterocycles. The van der Waals surface area contributed by atoms with Gasteiger partial charge < -0.3 is 10.5 Å². The average molecular weight is 249 g/mol. The van der Waals surface area contributed by atoms with Crippen LogP contribution in [0.15, 0.2) is 24.3 Å². The Hall–Kier alpha value is -1.44. The van der Waals surface area contributed by atoms with E-state index in [0.29, 0.717) is 12.3 Å². The highest BCUT2D eigenvalue weighted by molar-refractivity contribution is 7.99. The lowest BCUT2D eigenvalue weighted by Gasteiger charge is -2.03. The number of thioether (sulfide) groups is 1. The summed E-state index contributed by atoms with van der Waals surface area (Å²) in [6.45, 7) is 0.351. The molecule has 0 unspecified atom stereocenters. The Bertz CT molecular complexity index is 435. The molecule has 0 saturated carbocycles. The zero-order chi connectivity index (χ0) is 12.5. The summed E-state index contributed by atoms with van der Waals surface area (Å²) in [5.74, 6) is 6.74. The number of benzene rings is 1. The van der Waals surface area contributed by atoms with Crippen molar-refractivity contribution < 1.29 is 9.53 Å². The summed E-state index contributed by atoms with van der Waals surface area (Å²) in [5.41, 5.74) is 7.43. The quantitative estimate of drug-likeness (QED) is 0.647. The maximum atomic E-state index is 11.0. The van der Waals surface area contributed by atoms with Crippen LogP contribution < -0.4 is 5.73 Å². The minimum Gasteiger partial charge on any atom is -0.468 e. The Kier molecular flexibility index (Phi) is 6.23. The normalized spacial score (nSPS) is 9.29. The van der Waals surface area contributed by atoms with E-state index in [-0.39, 0.29) is 5.97 Å². The molecule has 0 atom stereocenters. The zero-order valence-electron chi connectivity index (χ0n) is 9.73. The number of nitrogens with two attached hydrogens (primary N) is 1. The van der Waals surface area contributed by atoms with Gasteiger partial charge >= 0.3 is 5.97 Å². The van der Waals surface area contributed by atoms with Crippen molar-refractivity contribution in [3.05, 3.63) is 35.4 Å². The van der Waals surface area contributed by atoms with E-state index in [1.165, 1.54) is 18.9 Å². The van der Waals surface area contributed by atoms with Crippen LogP contribution in [-0.4, -0.2) is 25.4 Å². The van der Waals surface area contributed by atoms with E-state index in [9.17, 15) is 4.79 Å². The van der Waals surface area contributed by atoms with Gasteiger partial charge in [0.2, 0.25) is 0 Å². The zero-order valence-corrected chi connectivity index (χ0v) is 10.5. The third kappa shape index (κ3) is 4.94. The number of hydrogen-bond donors (Lipinski definition) is 1. The van der Waals surface area contributed by atoms with Crippen LogP contribution in [0.4, 0.5) is 0 Å². The van der Waals surface area contributed by atoms with Crippen LogP contribution in [0.25, 0.3) is 0 Å². The Morgan fingerprint density at radius 2 is 2.24 bits per heavy atom. The Morgan fingerprint density at radius 3 is 2.94 bits per heavy atom. The first-order valence-corrected chi connectivity index (χ1v) is 6.34. The molecule has 1 aromatic rings. The Labute approximate surface area is 106 Å². The summed E-state index contributed by atoms with van der Waals surface area (Å²) < 4.78 is 4.58. The van der Waals surface area contributed by atoms with Crippen LogP contribution in [0.3, 0.4) is 0 Å². The molecule has 0 aliphatic rings. The first kappa shape index (κ1) is 13.6.